The highest BCUT2D eigenvalue weighted by molar-refractivity contribution is 7.79. The monoisotopic (exact) mass is 178 g/mol. The van der Waals surface area contributed by atoms with E-state index in [1.165, 1.54) is 0 Å². The third kappa shape index (κ3) is 10.1. The van der Waals surface area contributed by atoms with Gasteiger partial charge in [-0.15, -0.1) is 0 Å². The summed E-state index contributed by atoms with van der Waals surface area (Å²) in [5.41, 5.74) is 0. The fourth-order valence-electron chi connectivity index (χ4n) is 0.736. The van der Waals surface area contributed by atoms with Crippen molar-refractivity contribution >= 4 is 11.1 Å². The molecule has 0 aromatic rings. The van der Waals surface area contributed by atoms with Crippen molar-refractivity contribution in [3.63, 3.8) is 0 Å². The van der Waals surface area contributed by atoms with Gasteiger partial charge in [0.05, 0.1) is 0 Å². The summed E-state index contributed by atoms with van der Waals surface area (Å²) in [6.07, 6.45) is 1.70. The van der Waals surface area contributed by atoms with E-state index in [9.17, 15) is 8.76 Å². The summed E-state index contributed by atoms with van der Waals surface area (Å²) in [4.78, 5) is 0. The number of unbranched alkanes of at least 4 members (excludes halogenated alkanes) is 1. The Labute approximate surface area is 70.9 Å². The van der Waals surface area contributed by atoms with Crippen LogP contribution in [0.15, 0.2) is 0 Å². The molecule has 1 atom stereocenters. The highest BCUT2D eigenvalue weighted by Gasteiger charge is 1.91. The van der Waals surface area contributed by atoms with Crippen LogP contribution >= 0.6 is 0 Å². The van der Waals surface area contributed by atoms with E-state index in [2.05, 4.69) is 19.2 Å². The molecule has 0 heterocycles. The predicted molar refractivity (Wildman–Crippen MR) is 46.2 cm³/mol. The minimum atomic E-state index is -1.86. The van der Waals surface area contributed by atoms with Gasteiger partial charge in [0, 0.05) is 11.8 Å². The zero-order chi connectivity index (χ0) is 8.69. The summed E-state index contributed by atoms with van der Waals surface area (Å²) in [5.74, 6) is 0.291. The van der Waals surface area contributed by atoms with Crippen LogP contribution in [-0.4, -0.2) is 27.1 Å². The van der Waals surface area contributed by atoms with Crippen LogP contribution in [0.4, 0.5) is 0 Å². The van der Waals surface area contributed by atoms with Crippen molar-refractivity contribution in [1.29, 1.82) is 0 Å². The number of rotatable bonds is 6. The Morgan fingerprint density at radius 2 is 2.09 bits per heavy atom. The quantitative estimate of drug-likeness (QED) is 0.480. The predicted octanol–water partition coefficient (Wildman–Crippen LogP) is 0.644. The molecule has 1 unspecified atom stereocenters. The average molecular weight is 178 g/mol. The molecule has 0 fully saturated rings. The van der Waals surface area contributed by atoms with Crippen LogP contribution in [0.5, 0.6) is 0 Å². The van der Waals surface area contributed by atoms with Crippen molar-refractivity contribution in [3.8, 4) is 0 Å². The molecule has 0 rings (SSSR count). The molecule has 0 aromatic carbocycles. The van der Waals surface area contributed by atoms with Crippen molar-refractivity contribution in [3.05, 3.63) is 0 Å². The van der Waals surface area contributed by atoms with Gasteiger partial charge in [-0.3, -0.25) is 4.21 Å². The summed E-state index contributed by atoms with van der Waals surface area (Å²) < 4.78 is 20.2. The van der Waals surface area contributed by atoms with Crippen LogP contribution in [-0.2, 0) is 11.1 Å². The molecule has 0 aliphatic heterocycles. The second kappa shape index (κ2) is 6.76. The summed E-state index contributed by atoms with van der Waals surface area (Å²) >= 11 is -1.86. The first-order valence-electron chi connectivity index (χ1n) is 3.92. The topological polar surface area (TPSA) is 52.2 Å². The number of hydrogen-bond acceptors (Lipinski definition) is 3. The third-order valence-electron chi connectivity index (χ3n) is 1.29. The fourth-order valence-corrected chi connectivity index (χ4v) is 1.18. The van der Waals surface area contributed by atoms with Crippen molar-refractivity contribution in [2.75, 3.05) is 12.3 Å². The van der Waals surface area contributed by atoms with E-state index in [1.54, 1.807) is 0 Å². The molecule has 0 bridgehead atoms. The van der Waals surface area contributed by atoms with Gasteiger partial charge in [0.2, 0.25) is 0 Å². The Hall–Kier alpha value is 0.0700. The zero-order valence-corrected chi connectivity index (χ0v) is 7.95. The van der Waals surface area contributed by atoms with E-state index < -0.39 is 11.1 Å². The van der Waals surface area contributed by atoms with Gasteiger partial charge >= 0.3 is 0 Å². The Bertz CT molecular complexity index is 117. The lowest BCUT2D eigenvalue weighted by atomic mass is 10.3. The molecule has 0 saturated carbocycles. The second-order valence-corrected chi connectivity index (χ2v) is 3.84. The largest absolute Gasteiger partial charge is 0.772 e. The van der Waals surface area contributed by atoms with Gasteiger partial charge in [-0.2, -0.15) is 0 Å². The minimum absolute atomic E-state index is 0.291. The van der Waals surface area contributed by atoms with Crippen LogP contribution in [0.1, 0.15) is 26.7 Å². The first kappa shape index (κ1) is 11.1. The summed E-state index contributed by atoms with van der Waals surface area (Å²) in [6, 6.07) is 0.493. The van der Waals surface area contributed by atoms with Gasteiger partial charge in [-0.1, -0.05) is 24.9 Å². The molecule has 0 aliphatic rings. The van der Waals surface area contributed by atoms with Crippen molar-refractivity contribution in [2.45, 2.75) is 32.7 Å². The lowest BCUT2D eigenvalue weighted by molar-refractivity contribution is 0.528. The molecule has 68 valence electrons. The van der Waals surface area contributed by atoms with E-state index in [0.717, 1.165) is 19.4 Å². The highest BCUT2D eigenvalue weighted by atomic mass is 32.2. The molecule has 0 aromatic heterocycles. The van der Waals surface area contributed by atoms with Gasteiger partial charge in [-0.05, 0) is 19.4 Å². The van der Waals surface area contributed by atoms with E-state index >= 15 is 0 Å². The normalized spacial score (nSPS) is 13.8. The van der Waals surface area contributed by atoms with Gasteiger partial charge in [0.15, 0.2) is 0 Å². The molecule has 1 N–H and O–H groups in total. The molecule has 0 aliphatic carbocycles. The van der Waals surface area contributed by atoms with Crippen LogP contribution in [0.25, 0.3) is 0 Å². The highest BCUT2D eigenvalue weighted by Crippen LogP contribution is 1.89. The second-order valence-electron chi connectivity index (χ2n) is 2.82. The Balaban J connectivity index is 2.97. The maximum Gasteiger partial charge on any atom is 0.0102 e. The maximum absolute atomic E-state index is 10.1. The first-order chi connectivity index (χ1) is 5.13. The Morgan fingerprint density at radius 3 is 2.55 bits per heavy atom. The molecule has 4 heteroatoms. The number of nitrogens with one attached hydrogen (secondary N) is 1. The molecule has 3 nitrogen and oxygen atoms in total. The average Bonchev–Trinajstić information content (AvgIpc) is 1.85. The summed E-state index contributed by atoms with van der Waals surface area (Å²) in [6.45, 7) is 5.06. The van der Waals surface area contributed by atoms with Gasteiger partial charge in [0.1, 0.15) is 0 Å². The van der Waals surface area contributed by atoms with Gasteiger partial charge < -0.3 is 9.87 Å². The third-order valence-corrected chi connectivity index (χ3v) is 1.91. The van der Waals surface area contributed by atoms with Gasteiger partial charge in [-0.25, -0.2) is 0 Å². The first-order valence-corrected chi connectivity index (χ1v) is 5.16. The molecule has 0 spiro atoms. The molecule has 0 amide bonds. The maximum atomic E-state index is 10.1. The lowest BCUT2D eigenvalue weighted by Gasteiger charge is -2.08. The van der Waals surface area contributed by atoms with Crippen LogP contribution < -0.4 is 5.32 Å². The van der Waals surface area contributed by atoms with E-state index in [0.29, 0.717) is 11.8 Å². The van der Waals surface area contributed by atoms with Crippen LogP contribution in [0.2, 0.25) is 0 Å². The van der Waals surface area contributed by atoms with E-state index in [4.69, 9.17) is 0 Å². The van der Waals surface area contributed by atoms with E-state index in [-0.39, 0.29) is 0 Å². The summed E-state index contributed by atoms with van der Waals surface area (Å²) in [5, 5.41) is 3.22. The van der Waals surface area contributed by atoms with Gasteiger partial charge in [0.25, 0.3) is 0 Å². The molecule has 0 radical (unpaired) electrons. The van der Waals surface area contributed by atoms with Crippen molar-refractivity contribution in [2.24, 2.45) is 0 Å². The Morgan fingerprint density at radius 1 is 1.45 bits per heavy atom. The SMILES string of the molecule is CC(C)NCCCCS(=O)[O-]. The molecular weight excluding hydrogens is 162 g/mol. The summed E-state index contributed by atoms with van der Waals surface area (Å²) in [7, 11) is 0. The molecular formula is C7H16NO2S-. The molecule has 0 saturated heterocycles. The minimum Gasteiger partial charge on any atom is -0.772 e. The van der Waals surface area contributed by atoms with Crippen LogP contribution in [0.3, 0.4) is 0 Å². The standard InChI is InChI=1S/C7H17NO2S/c1-7(2)8-5-3-4-6-11(9)10/h7-8H,3-6H2,1-2H3,(H,9,10)/p-1. The number of hydrogen-bond donors (Lipinski definition) is 1. The van der Waals surface area contributed by atoms with Crippen molar-refractivity contribution in [1.82, 2.24) is 5.32 Å². The molecule has 11 heavy (non-hydrogen) atoms. The lowest BCUT2D eigenvalue weighted by Crippen LogP contribution is -2.23. The zero-order valence-electron chi connectivity index (χ0n) is 7.13. The van der Waals surface area contributed by atoms with E-state index in [1.807, 2.05) is 0 Å². The Kier molecular flexibility index (Phi) is 6.80. The van der Waals surface area contributed by atoms with Crippen LogP contribution in [0, 0.1) is 0 Å². The fraction of sp³-hybridized carbons (Fsp3) is 1.00. The van der Waals surface area contributed by atoms with Crippen molar-refractivity contribution < 1.29 is 8.76 Å². The smallest absolute Gasteiger partial charge is 0.0102 e.